The van der Waals surface area contributed by atoms with E-state index in [1.54, 1.807) is 24.3 Å². The minimum Gasteiger partial charge on any atom is -0.510 e. The van der Waals surface area contributed by atoms with Crippen LogP contribution in [0.2, 0.25) is 5.02 Å². The van der Waals surface area contributed by atoms with Gasteiger partial charge in [-0.1, -0.05) is 23.4 Å². The van der Waals surface area contributed by atoms with Crippen molar-refractivity contribution in [3.05, 3.63) is 40.6 Å². The van der Waals surface area contributed by atoms with Crippen LogP contribution in [-0.4, -0.2) is 49.9 Å². The van der Waals surface area contributed by atoms with Gasteiger partial charge in [-0.25, -0.2) is 4.79 Å². The number of nitrogens with one attached hydrogen (secondary N) is 1. The topological polar surface area (TPSA) is 114 Å². The molecule has 1 heterocycles. The second-order valence-electron chi connectivity index (χ2n) is 4.58. The average Bonchev–Trinajstić information content (AvgIpc) is 3.01. The monoisotopic (exact) mass is 367 g/mol. The summed E-state index contributed by atoms with van der Waals surface area (Å²) in [5.74, 6) is -1.03. The summed E-state index contributed by atoms with van der Waals surface area (Å²) in [6.45, 7) is 1.39. The zero-order chi connectivity index (χ0) is 17.7. The van der Waals surface area contributed by atoms with Gasteiger partial charge < -0.3 is 15.3 Å². The third-order valence-corrected chi connectivity index (χ3v) is 4.09. The van der Waals surface area contributed by atoms with Crippen LogP contribution in [-0.2, 0) is 9.53 Å². The first kappa shape index (κ1) is 18.0. The van der Waals surface area contributed by atoms with Crippen LogP contribution < -0.4 is 0 Å². The van der Waals surface area contributed by atoms with Crippen LogP contribution in [0.4, 0.5) is 0 Å². The molecule has 0 aliphatic heterocycles. The molecule has 0 fully saturated rings. The minimum atomic E-state index is -0.766. The van der Waals surface area contributed by atoms with Crippen LogP contribution in [0, 0.1) is 5.41 Å². The molecule has 2 N–H and O–H groups in total. The average molecular weight is 368 g/mol. The molecule has 0 aliphatic carbocycles. The van der Waals surface area contributed by atoms with Gasteiger partial charge in [-0.05, 0) is 41.6 Å². The van der Waals surface area contributed by atoms with E-state index in [4.69, 9.17) is 17.0 Å². The number of halogens is 1. The van der Waals surface area contributed by atoms with E-state index in [-0.39, 0.29) is 22.8 Å². The van der Waals surface area contributed by atoms with Crippen molar-refractivity contribution in [1.82, 2.24) is 20.2 Å². The summed E-state index contributed by atoms with van der Waals surface area (Å²) >= 11 is 6.97. The van der Waals surface area contributed by atoms with Gasteiger partial charge in [0.25, 0.3) is 0 Å². The molecule has 24 heavy (non-hydrogen) atoms. The number of benzene rings is 1. The normalized spacial score (nSPS) is 11.8. The highest BCUT2D eigenvalue weighted by Crippen LogP contribution is 2.22. The third-order valence-electron chi connectivity index (χ3n) is 2.90. The zero-order valence-corrected chi connectivity index (χ0v) is 14.4. The number of esters is 1. The first-order valence-corrected chi connectivity index (χ1v) is 8.03. The van der Waals surface area contributed by atoms with Crippen LogP contribution >= 0.6 is 23.4 Å². The summed E-state index contributed by atoms with van der Waals surface area (Å²) < 4.78 is 6.05. The van der Waals surface area contributed by atoms with E-state index in [2.05, 4.69) is 20.3 Å². The van der Waals surface area contributed by atoms with Crippen LogP contribution in [0.25, 0.3) is 5.69 Å². The van der Waals surface area contributed by atoms with Crippen molar-refractivity contribution in [1.29, 1.82) is 5.41 Å². The highest BCUT2D eigenvalue weighted by atomic mass is 35.5. The fraction of sp³-hybridized carbons (Fsp3) is 0.214. The van der Waals surface area contributed by atoms with Crippen molar-refractivity contribution in [3.63, 3.8) is 0 Å². The second-order valence-corrected chi connectivity index (χ2v) is 5.96. The Bertz CT molecular complexity index is 788. The Kier molecular flexibility index (Phi) is 5.93. The summed E-state index contributed by atoms with van der Waals surface area (Å²) in [6.07, 6.45) is 0. The van der Waals surface area contributed by atoms with E-state index >= 15 is 0 Å². The van der Waals surface area contributed by atoms with E-state index in [1.807, 2.05) is 0 Å². The number of rotatable bonds is 6. The summed E-state index contributed by atoms with van der Waals surface area (Å²) in [7, 11) is 1.19. The number of nitrogens with zero attached hydrogens (tertiary/aromatic N) is 4. The third kappa shape index (κ3) is 4.12. The Balaban J connectivity index is 2.21. The van der Waals surface area contributed by atoms with Gasteiger partial charge >= 0.3 is 5.97 Å². The highest BCUT2D eigenvalue weighted by molar-refractivity contribution is 7.99. The maximum atomic E-state index is 11.6. The van der Waals surface area contributed by atoms with Crippen molar-refractivity contribution >= 4 is 35.0 Å². The number of hydrogen-bond donors (Lipinski definition) is 2. The number of aromatic nitrogens is 4. The number of tetrazole rings is 1. The lowest BCUT2D eigenvalue weighted by Crippen LogP contribution is -2.15. The summed E-state index contributed by atoms with van der Waals surface area (Å²) in [4.78, 5) is 11.6. The van der Waals surface area contributed by atoms with Crippen LogP contribution in [0.3, 0.4) is 0 Å². The van der Waals surface area contributed by atoms with E-state index in [0.29, 0.717) is 15.9 Å². The Labute approximate surface area is 147 Å². The van der Waals surface area contributed by atoms with Gasteiger partial charge in [0.1, 0.15) is 11.3 Å². The number of methoxy groups -OCH3 is 1. The van der Waals surface area contributed by atoms with E-state index in [1.165, 1.54) is 18.7 Å². The molecule has 2 aromatic rings. The molecule has 2 rings (SSSR count). The first-order valence-electron chi connectivity index (χ1n) is 6.67. The fourth-order valence-corrected chi connectivity index (χ4v) is 2.70. The van der Waals surface area contributed by atoms with E-state index in [9.17, 15) is 9.90 Å². The van der Waals surface area contributed by atoms with Gasteiger partial charge in [0.05, 0.1) is 18.6 Å². The molecule has 1 aromatic heterocycles. The SMILES string of the molecule is COC(=O)/C(C(C)=N)=C(\O)CSc1nnnn1-c1ccc(Cl)cc1. The van der Waals surface area contributed by atoms with Gasteiger partial charge in [0.2, 0.25) is 5.16 Å². The maximum absolute atomic E-state index is 11.6. The molecule has 0 bridgehead atoms. The van der Waals surface area contributed by atoms with E-state index < -0.39 is 5.97 Å². The molecular weight excluding hydrogens is 354 g/mol. The van der Waals surface area contributed by atoms with E-state index in [0.717, 1.165) is 11.8 Å². The van der Waals surface area contributed by atoms with Gasteiger partial charge in [-0.15, -0.1) is 5.10 Å². The molecule has 0 spiro atoms. The predicted molar refractivity (Wildman–Crippen MR) is 90.0 cm³/mol. The minimum absolute atomic E-state index is 0.00855. The number of hydrogen-bond acceptors (Lipinski definition) is 8. The lowest BCUT2D eigenvalue weighted by atomic mass is 10.1. The van der Waals surface area contributed by atoms with Crippen LogP contribution in [0.15, 0.2) is 40.8 Å². The molecule has 0 saturated heterocycles. The largest absolute Gasteiger partial charge is 0.510 e. The quantitative estimate of drug-likeness (QED) is 0.265. The Morgan fingerprint density at radius 3 is 2.67 bits per heavy atom. The second kappa shape index (κ2) is 7.93. The Hall–Kier alpha value is -2.39. The van der Waals surface area contributed by atoms with Gasteiger partial charge in [-0.3, -0.25) is 0 Å². The van der Waals surface area contributed by atoms with Crippen molar-refractivity contribution in [2.45, 2.75) is 12.1 Å². The molecule has 126 valence electrons. The number of aliphatic hydroxyl groups excluding tert-OH is 1. The van der Waals surface area contributed by atoms with Crippen molar-refractivity contribution in [2.24, 2.45) is 0 Å². The first-order chi connectivity index (χ1) is 11.4. The van der Waals surface area contributed by atoms with Gasteiger partial charge in [0.15, 0.2) is 0 Å². The predicted octanol–water partition coefficient (Wildman–Crippen LogP) is 2.43. The number of ether oxygens (including phenoxy) is 1. The van der Waals surface area contributed by atoms with Crippen LogP contribution in [0.1, 0.15) is 6.92 Å². The summed E-state index contributed by atoms with van der Waals surface area (Å²) in [5, 5.41) is 30.1. The summed E-state index contributed by atoms with van der Waals surface area (Å²) in [5.41, 5.74) is 0.444. The number of carbonyl (C=O) groups is 1. The maximum Gasteiger partial charge on any atom is 0.343 e. The molecule has 1 aromatic carbocycles. The molecule has 0 atom stereocenters. The lowest BCUT2D eigenvalue weighted by molar-refractivity contribution is -0.135. The zero-order valence-electron chi connectivity index (χ0n) is 12.9. The van der Waals surface area contributed by atoms with Crippen molar-refractivity contribution < 1.29 is 14.6 Å². The molecule has 8 nitrogen and oxygen atoms in total. The molecule has 0 amide bonds. The van der Waals surface area contributed by atoms with Crippen LogP contribution in [0.5, 0.6) is 0 Å². The van der Waals surface area contributed by atoms with Gasteiger partial charge in [0, 0.05) is 10.7 Å². The number of thioether (sulfide) groups is 1. The van der Waals surface area contributed by atoms with Gasteiger partial charge in [-0.2, -0.15) is 4.68 Å². The summed E-state index contributed by atoms with van der Waals surface area (Å²) in [6, 6.07) is 6.91. The highest BCUT2D eigenvalue weighted by Gasteiger charge is 2.19. The number of aliphatic hydroxyl groups is 1. The van der Waals surface area contributed by atoms with Crippen molar-refractivity contribution in [3.8, 4) is 5.69 Å². The molecular formula is C14H14ClN5O3S. The standard InChI is InChI=1S/C14H14ClN5O3S/c1-8(16)12(13(22)23-2)11(21)7-24-14-17-18-19-20(14)10-5-3-9(15)4-6-10/h3-6,16,21H,7H2,1-2H3/b12-11-,16-8?. The number of carbonyl (C=O) groups excluding carboxylic acids is 1. The smallest absolute Gasteiger partial charge is 0.343 e. The Morgan fingerprint density at radius 1 is 1.42 bits per heavy atom. The molecule has 0 unspecified atom stereocenters. The lowest BCUT2D eigenvalue weighted by Gasteiger charge is -2.08. The molecule has 0 radical (unpaired) electrons. The molecule has 0 saturated carbocycles. The fourth-order valence-electron chi connectivity index (χ4n) is 1.81. The molecule has 10 heteroatoms. The Morgan fingerprint density at radius 2 is 2.08 bits per heavy atom. The van der Waals surface area contributed by atoms with Crippen molar-refractivity contribution in [2.75, 3.05) is 12.9 Å². The molecule has 0 aliphatic rings.